The Balaban J connectivity index is 2.04. The Morgan fingerprint density at radius 2 is 2.10 bits per heavy atom. The second kappa shape index (κ2) is 6.28. The van der Waals surface area contributed by atoms with Gasteiger partial charge in [-0.15, -0.1) is 0 Å². The Bertz CT molecular complexity index is 709. The number of nitrogens with zero attached hydrogens (tertiary/aromatic N) is 1. The summed E-state index contributed by atoms with van der Waals surface area (Å²) in [5.74, 6) is 0.852. The maximum atomic E-state index is 12.4. The first-order chi connectivity index (χ1) is 9.92. The van der Waals surface area contributed by atoms with E-state index in [4.69, 9.17) is 5.73 Å². The van der Waals surface area contributed by atoms with Gasteiger partial charge < -0.3 is 10.7 Å². The first-order valence-electron chi connectivity index (χ1n) is 6.75. The van der Waals surface area contributed by atoms with Gasteiger partial charge in [0.25, 0.3) is 0 Å². The van der Waals surface area contributed by atoms with Crippen molar-refractivity contribution in [2.24, 2.45) is 0 Å². The molecule has 0 saturated carbocycles. The van der Waals surface area contributed by atoms with Crippen molar-refractivity contribution < 1.29 is 8.42 Å². The second-order valence-corrected chi connectivity index (χ2v) is 6.67. The standard InChI is InChI=1S/C14H20N4O2S/c1-10-5-6-12(15)11(2)14(10)21(19,20)18-7-3-4-13-16-8-9-17-13/h5-6,8-9,18H,3-4,7,15H2,1-2H3,(H,16,17). The number of nitrogen functional groups attached to an aromatic ring is 1. The molecule has 0 fully saturated rings. The molecule has 2 aromatic rings. The lowest BCUT2D eigenvalue weighted by molar-refractivity contribution is 0.577. The molecule has 0 bridgehead atoms. The lowest BCUT2D eigenvalue weighted by atomic mass is 10.1. The average molecular weight is 308 g/mol. The van der Waals surface area contributed by atoms with E-state index in [9.17, 15) is 8.42 Å². The van der Waals surface area contributed by atoms with Gasteiger partial charge in [-0.25, -0.2) is 18.1 Å². The zero-order valence-corrected chi connectivity index (χ0v) is 13.0. The number of benzene rings is 1. The number of rotatable bonds is 6. The highest BCUT2D eigenvalue weighted by Crippen LogP contribution is 2.24. The lowest BCUT2D eigenvalue weighted by Crippen LogP contribution is -2.27. The molecule has 21 heavy (non-hydrogen) atoms. The third-order valence-electron chi connectivity index (χ3n) is 3.35. The molecule has 0 aliphatic rings. The van der Waals surface area contributed by atoms with Crippen molar-refractivity contribution in [3.05, 3.63) is 41.5 Å². The summed E-state index contributed by atoms with van der Waals surface area (Å²) in [5, 5.41) is 0. The molecule has 1 heterocycles. The smallest absolute Gasteiger partial charge is 0.241 e. The van der Waals surface area contributed by atoms with Crippen molar-refractivity contribution in [1.29, 1.82) is 0 Å². The summed E-state index contributed by atoms with van der Waals surface area (Å²) in [6.45, 7) is 3.85. The number of sulfonamides is 1. The van der Waals surface area contributed by atoms with Crippen LogP contribution in [0.25, 0.3) is 0 Å². The van der Waals surface area contributed by atoms with Crippen LogP contribution in [0.1, 0.15) is 23.4 Å². The quantitative estimate of drug-likeness (QED) is 0.556. The number of nitrogens with two attached hydrogens (primary N) is 1. The third-order valence-corrected chi connectivity index (χ3v) is 5.10. The summed E-state index contributed by atoms with van der Waals surface area (Å²) < 4.78 is 27.4. The molecule has 0 atom stereocenters. The summed E-state index contributed by atoms with van der Waals surface area (Å²) in [6.07, 6.45) is 4.80. The number of imidazole rings is 1. The Labute approximate surface area is 124 Å². The van der Waals surface area contributed by atoms with Crippen LogP contribution in [0, 0.1) is 13.8 Å². The number of nitrogens with one attached hydrogen (secondary N) is 2. The van der Waals surface area contributed by atoms with Crippen molar-refractivity contribution in [3.8, 4) is 0 Å². The van der Waals surface area contributed by atoms with Crippen molar-refractivity contribution in [2.45, 2.75) is 31.6 Å². The number of aryl methyl sites for hydroxylation is 2. The molecule has 0 unspecified atom stereocenters. The topological polar surface area (TPSA) is 101 Å². The normalized spacial score (nSPS) is 11.7. The molecule has 0 aliphatic heterocycles. The monoisotopic (exact) mass is 308 g/mol. The summed E-state index contributed by atoms with van der Waals surface area (Å²) in [7, 11) is -3.55. The van der Waals surface area contributed by atoms with Gasteiger partial charge in [0.15, 0.2) is 0 Å². The molecule has 6 nitrogen and oxygen atoms in total. The summed E-state index contributed by atoms with van der Waals surface area (Å²) in [5.41, 5.74) is 7.57. The predicted octanol–water partition coefficient (Wildman–Crippen LogP) is 1.52. The zero-order chi connectivity index (χ0) is 15.5. The number of anilines is 1. The van der Waals surface area contributed by atoms with Crippen molar-refractivity contribution in [2.75, 3.05) is 12.3 Å². The van der Waals surface area contributed by atoms with E-state index in [1.165, 1.54) is 0 Å². The van der Waals surface area contributed by atoms with Crippen molar-refractivity contribution >= 4 is 15.7 Å². The van der Waals surface area contributed by atoms with Gasteiger partial charge in [-0.2, -0.15) is 0 Å². The fourth-order valence-corrected chi connectivity index (χ4v) is 3.80. The van der Waals surface area contributed by atoms with Gasteiger partial charge in [-0.3, -0.25) is 0 Å². The van der Waals surface area contributed by atoms with Crippen LogP contribution in [0.4, 0.5) is 5.69 Å². The van der Waals surface area contributed by atoms with Gasteiger partial charge in [-0.1, -0.05) is 6.07 Å². The van der Waals surface area contributed by atoms with Gasteiger partial charge in [0.2, 0.25) is 10.0 Å². The number of hydrogen-bond donors (Lipinski definition) is 3. The Morgan fingerprint density at radius 1 is 1.33 bits per heavy atom. The highest BCUT2D eigenvalue weighted by atomic mass is 32.2. The molecule has 1 aromatic carbocycles. The highest BCUT2D eigenvalue weighted by molar-refractivity contribution is 7.89. The van der Waals surface area contributed by atoms with Crippen LogP contribution in [-0.4, -0.2) is 24.9 Å². The molecule has 0 spiro atoms. The van der Waals surface area contributed by atoms with Gasteiger partial charge in [0.1, 0.15) is 5.82 Å². The predicted molar refractivity (Wildman–Crippen MR) is 82.4 cm³/mol. The van der Waals surface area contributed by atoms with E-state index < -0.39 is 10.0 Å². The lowest BCUT2D eigenvalue weighted by Gasteiger charge is -2.13. The number of H-pyrrole nitrogens is 1. The molecular formula is C14H20N4O2S. The maximum Gasteiger partial charge on any atom is 0.241 e. The van der Waals surface area contributed by atoms with Crippen LogP contribution in [0.5, 0.6) is 0 Å². The minimum absolute atomic E-state index is 0.278. The summed E-state index contributed by atoms with van der Waals surface area (Å²) >= 11 is 0. The van der Waals surface area contributed by atoms with Gasteiger partial charge in [0.05, 0.1) is 4.90 Å². The van der Waals surface area contributed by atoms with E-state index in [0.29, 0.717) is 36.2 Å². The maximum absolute atomic E-state index is 12.4. The van der Waals surface area contributed by atoms with E-state index in [1.54, 1.807) is 38.4 Å². The SMILES string of the molecule is Cc1ccc(N)c(C)c1S(=O)(=O)NCCCc1ncc[nH]1. The van der Waals surface area contributed by atoms with E-state index in [-0.39, 0.29) is 4.90 Å². The van der Waals surface area contributed by atoms with Crippen LogP contribution < -0.4 is 10.5 Å². The van der Waals surface area contributed by atoms with Gasteiger partial charge >= 0.3 is 0 Å². The van der Waals surface area contributed by atoms with E-state index >= 15 is 0 Å². The Kier molecular flexibility index (Phi) is 4.64. The van der Waals surface area contributed by atoms with Crippen molar-refractivity contribution in [1.82, 2.24) is 14.7 Å². The van der Waals surface area contributed by atoms with Crippen LogP contribution in [0.15, 0.2) is 29.4 Å². The number of aromatic amines is 1. The third kappa shape index (κ3) is 3.62. The molecule has 0 amide bonds. The fraction of sp³-hybridized carbons (Fsp3) is 0.357. The van der Waals surface area contributed by atoms with Crippen LogP contribution in [0.3, 0.4) is 0 Å². The van der Waals surface area contributed by atoms with Crippen molar-refractivity contribution in [3.63, 3.8) is 0 Å². The minimum atomic E-state index is -3.55. The average Bonchev–Trinajstić information content (AvgIpc) is 2.92. The van der Waals surface area contributed by atoms with E-state index in [2.05, 4.69) is 14.7 Å². The molecule has 7 heteroatoms. The molecule has 0 radical (unpaired) electrons. The Morgan fingerprint density at radius 3 is 2.76 bits per heavy atom. The largest absolute Gasteiger partial charge is 0.398 e. The second-order valence-electron chi connectivity index (χ2n) is 4.96. The zero-order valence-electron chi connectivity index (χ0n) is 12.2. The number of hydrogen-bond acceptors (Lipinski definition) is 4. The molecule has 0 aliphatic carbocycles. The van der Waals surface area contributed by atoms with E-state index in [0.717, 1.165) is 5.82 Å². The molecule has 4 N–H and O–H groups in total. The molecular weight excluding hydrogens is 288 g/mol. The molecule has 1 aromatic heterocycles. The first-order valence-corrected chi connectivity index (χ1v) is 8.24. The Hall–Kier alpha value is -1.86. The summed E-state index contributed by atoms with van der Waals surface area (Å²) in [6, 6.07) is 3.44. The minimum Gasteiger partial charge on any atom is -0.398 e. The van der Waals surface area contributed by atoms with Gasteiger partial charge in [0, 0.05) is 31.0 Å². The first kappa shape index (κ1) is 15.5. The molecule has 0 saturated heterocycles. The summed E-state index contributed by atoms with van der Waals surface area (Å²) in [4.78, 5) is 7.36. The van der Waals surface area contributed by atoms with Crippen LogP contribution in [0.2, 0.25) is 0 Å². The van der Waals surface area contributed by atoms with Gasteiger partial charge in [-0.05, 0) is 37.5 Å². The van der Waals surface area contributed by atoms with Crippen LogP contribution >= 0.6 is 0 Å². The van der Waals surface area contributed by atoms with E-state index in [1.807, 2.05) is 0 Å². The van der Waals surface area contributed by atoms with Crippen LogP contribution in [-0.2, 0) is 16.4 Å². The molecule has 114 valence electrons. The highest BCUT2D eigenvalue weighted by Gasteiger charge is 2.20. The fourth-order valence-electron chi connectivity index (χ4n) is 2.23. The molecule has 2 rings (SSSR count). The number of aromatic nitrogens is 2.